The van der Waals surface area contributed by atoms with Gasteiger partial charge in [0.2, 0.25) is 0 Å². The normalized spacial score (nSPS) is 10.5. The smallest absolute Gasteiger partial charge is 0.295 e. The van der Waals surface area contributed by atoms with Crippen LogP contribution in [0.4, 0.5) is 0 Å². The Balaban J connectivity index is 2.52. The summed E-state index contributed by atoms with van der Waals surface area (Å²) in [5.41, 5.74) is 1.82. The first-order valence-electron chi connectivity index (χ1n) is 5.04. The Labute approximate surface area is 87.6 Å². The van der Waals surface area contributed by atoms with Crippen LogP contribution in [0.15, 0.2) is 35.4 Å². The van der Waals surface area contributed by atoms with Crippen LogP contribution in [0.2, 0.25) is 0 Å². The van der Waals surface area contributed by atoms with Crippen molar-refractivity contribution in [3.05, 3.63) is 46.6 Å². The fraction of sp³-hybridized carbons (Fsp3) is 0.273. The summed E-state index contributed by atoms with van der Waals surface area (Å²) < 4.78 is 1.39. The van der Waals surface area contributed by atoms with E-state index >= 15 is 0 Å². The quantitative estimate of drug-likeness (QED) is 0.822. The summed E-state index contributed by atoms with van der Waals surface area (Å²) in [6.07, 6.45) is 3.41. The number of hydrogen-bond acceptors (Lipinski definition) is 2. The van der Waals surface area contributed by atoms with Gasteiger partial charge in [-0.15, -0.1) is 0 Å². The van der Waals surface area contributed by atoms with Crippen molar-refractivity contribution in [1.82, 2.24) is 14.8 Å². The van der Waals surface area contributed by atoms with Gasteiger partial charge in [0.25, 0.3) is 0 Å². The highest BCUT2D eigenvalue weighted by Crippen LogP contribution is 2.13. The van der Waals surface area contributed by atoms with E-state index in [2.05, 4.69) is 17.0 Å². The number of nitrogens with zero attached hydrogens (tertiary/aromatic N) is 2. The highest BCUT2D eigenvalue weighted by atomic mass is 16.1. The molecule has 0 atom stereocenters. The second-order valence-corrected chi connectivity index (χ2v) is 3.38. The summed E-state index contributed by atoms with van der Waals surface area (Å²) in [5.74, 6) is 0. The number of aromatic nitrogens is 3. The van der Waals surface area contributed by atoms with Gasteiger partial charge in [-0.1, -0.05) is 31.5 Å². The molecular weight excluding hydrogens is 190 g/mol. The molecule has 1 N–H and O–H groups in total. The summed E-state index contributed by atoms with van der Waals surface area (Å²) in [5, 5.41) is 3.98. The fourth-order valence-electron chi connectivity index (χ4n) is 1.63. The van der Waals surface area contributed by atoms with E-state index in [0.717, 1.165) is 24.1 Å². The maximum Gasteiger partial charge on any atom is 0.347 e. The molecule has 1 heterocycles. The van der Waals surface area contributed by atoms with Crippen LogP contribution in [-0.2, 0) is 6.42 Å². The van der Waals surface area contributed by atoms with E-state index < -0.39 is 0 Å². The van der Waals surface area contributed by atoms with Crippen LogP contribution in [0.5, 0.6) is 0 Å². The van der Waals surface area contributed by atoms with Crippen LogP contribution in [-0.4, -0.2) is 14.8 Å². The van der Waals surface area contributed by atoms with Crippen molar-refractivity contribution < 1.29 is 0 Å². The first-order valence-corrected chi connectivity index (χ1v) is 5.04. The van der Waals surface area contributed by atoms with Gasteiger partial charge in [0.15, 0.2) is 0 Å². The number of rotatable bonds is 3. The number of nitrogens with one attached hydrogen (secondary N) is 1. The van der Waals surface area contributed by atoms with Gasteiger partial charge in [-0.25, -0.2) is 4.79 Å². The molecule has 0 saturated heterocycles. The molecule has 15 heavy (non-hydrogen) atoms. The second-order valence-electron chi connectivity index (χ2n) is 3.38. The van der Waals surface area contributed by atoms with E-state index in [1.54, 1.807) is 0 Å². The van der Waals surface area contributed by atoms with Gasteiger partial charge < -0.3 is 0 Å². The Hall–Kier alpha value is -1.84. The van der Waals surface area contributed by atoms with Gasteiger partial charge in [-0.05, 0) is 18.1 Å². The van der Waals surface area contributed by atoms with E-state index in [1.807, 2.05) is 24.3 Å². The van der Waals surface area contributed by atoms with Gasteiger partial charge in [-0.3, -0.25) is 4.98 Å². The lowest BCUT2D eigenvalue weighted by atomic mass is 10.1. The third-order valence-electron chi connectivity index (χ3n) is 2.29. The third kappa shape index (κ3) is 1.83. The molecule has 4 nitrogen and oxygen atoms in total. The highest BCUT2D eigenvalue weighted by molar-refractivity contribution is 5.39. The van der Waals surface area contributed by atoms with Crippen LogP contribution in [0.1, 0.15) is 18.9 Å². The molecule has 0 saturated carbocycles. The molecule has 0 radical (unpaired) electrons. The van der Waals surface area contributed by atoms with Crippen LogP contribution in [0.25, 0.3) is 5.69 Å². The predicted octanol–water partition coefficient (Wildman–Crippen LogP) is 1.51. The summed E-state index contributed by atoms with van der Waals surface area (Å²) >= 11 is 0. The summed E-state index contributed by atoms with van der Waals surface area (Å²) in [6, 6.07) is 7.83. The molecule has 78 valence electrons. The standard InChI is InChI=1S/C11H13N3O/c1-2-5-9-6-3-4-7-10(9)14-11(15)12-8-13-14/h3-4,6-8H,2,5H2,1H3,(H,12,13,15). The maximum absolute atomic E-state index is 11.4. The largest absolute Gasteiger partial charge is 0.347 e. The van der Waals surface area contributed by atoms with Gasteiger partial charge in [-0.2, -0.15) is 9.78 Å². The summed E-state index contributed by atoms with van der Waals surface area (Å²) in [4.78, 5) is 14.0. The highest BCUT2D eigenvalue weighted by Gasteiger charge is 2.05. The van der Waals surface area contributed by atoms with E-state index in [4.69, 9.17) is 0 Å². The average Bonchev–Trinajstić information content (AvgIpc) is 2.66. The molecule has 0 bridgehead atoms. The predicted molar refractivity (Wildman–Crippen MR) is 58.2 cm³/mol. The molecular formula is C11H13N3O. The van der Waals surface area contributed by atoms with Gasteiger partial charge in [0.05, 0.1) is 5.69 Å². The molecule has 1 aromatic heterocycles. The van der Waals surface area contributed by atoms with E-state index in [1.165, 1.54) is 11.0 Å². The van der Waals surface area contributed by atoms with Gasteiger partial charge in [0, 0.05) is 0 Å². The van der Waals surface area contributed by atoms with Crippen molar-refractivity contribution in [2.75, 3.05) is 0 Å². The van der Waals surface area contributed by atoms with E-state index in [-0.39, 0.29) is 5.69 Å². The van der Waals surface area contributed by atoms with Crippen molar-refractivity contribution >= 4 is 0 Å². The molecule has 0 amide bonds. The SMILES string of the molecule is CCCc1ccccc1-n1nc[nH]c1=O. The van der Waals surface area contributed by atoms with Crippen molar-refractivity contribution in [3.8, 4) is 5.69 Å². The first kappa shape index (κ1) is 9.71. The van der Waals surface area contributed by atoms with E-state index in [9.17, 15) is 4.79 Å². The molecule has 0 fully saturated rings. The number of para-hydroxylation sites is 1. The minimum Gasteiger partial charge on any atom is -0.295 e. The van der Waals surface area contributed by atoms with E-state index in [0.29, 0.717) is 0 Å². The molecule has 0 aliphatic rings. The number of H-pyrrole nitrogens is 1. The fourth-order valence-corrected chi connectivity index (χ4v) is 1.63. The first-order chi connectivity index (χ1) is 7.33. The number of benzene rings is 1. The lowest BCUT2D eigenvalue weighted by Gasteiger charge is -2.06. The summed E-state index contributed by atoms with van der Waals surface area (Å²) in [7, 11) is 0. The lowest BCUT2D eigenvalue weighted by Crippen LogP contribution is -2.17. The Morgan fingerprint density at radius 3 is 2.87 bits per heavy atom. The summed E-state index contributed by atoms with van der Waals surface area (Å²) in [6.45, 7) is 2.12. The maximum atomic E-state index is 11.4. The molecule has 0 aliphatic heterocycles. The number of hydrogen-bond donors (Lipinski definition) is 1. The minimum atomic E-state index is -0.196. The Morgan fingerprint density at radius 2 is 2.20 bits per heavy atom. The van der Waals surface area contributed by atoms with Gasteiger partial charge in [0.1, 0.15) is 6.33 Å². The Morgan fingerprint density at radius 1 is 1.40 bits per heavy atom. The average molecular weight is 203 g/mol. The van der Waals surface area contributed by atoms with Crippen molar-refractivity contribution in [2.24, 2.45) is 0 Å². The number of aryl methyl sites for hydroxylation is 1. The second kappa shape index (κ2) is 4.13. The Bertz CT molecular complexity index is 498. The van der Waals surface area contributed by atoms with Gasteiger partial charge >= 0.3 is 5.69 Å². The molecule has 2 aromatic rings. The zero-order valence-corrected chi connectivity index (χ0v) is 8.60. The molecule has 0 unspecified atom stereocenters. The van der Waals surface area contributed by atoms with Crippen molar-refractivity contribution in [2.45, 2.75) is 19.8 Å². The van der Waals surface area contributed by atoms with Crippen LogP contribution >= 0.6 is 0 Å². The monoisotopic (exact) mass is 203 g/mol. The van der Waals surface area contributed by atoms with Crippen LogP contribution in [0, 0.1) is 0 Å². The van der Waals surface area contributed by atoms with Crippen molar-refractivity contribution in [3.63, 3.8) is 0 Å². The third-order valence-corrected chi connectivity index (χ3v) is 2.29. The van der Waals surface area contributed by atoms with Crippen LogP contribution in [0.3, 0.4) is 0 Å². The molecule has 0 aliphatic carbocycles. The topological polar surface area (TPSA) is 50.7 Å². The zero-order valence-electron chi connectivity index (χ0n) is 8.60. The molecule has 1 aromatic carbocycles. The lowest BCUT2D eigenvalue weighted by molar-refractivity contribution is 0.813. The number of aromatic amines is 1. The molecule has 2 rings (SSSR count). The van der Waals surface area contributed by atoms with Crippen LogP contribution < -0.4 is 5.69 Å². The molecule has 4 heteroatoms. The minimum absolute atomic E-state index is 0.196. The van der Waals surface area contributed by atoms with Crippen molar-refractivity contribution in [1.29, 1.82) is 0 Å². The zero-order chi connectivity index (χ0) is 10.7. The molecule has 0 spiro atoms. The Kier molecular flexibility index (Phi) is 2.67.